The van der Waals surface area contributed by atoms with Gasteiger partial charge in [0.05, 0.1) is 10.0 Å². The van der Waals surface area contributed by atoms with Crippen LogP contribution in [0, 0.1) is 0 Å². The molecular formula is C20H24Cl3NO. The van der Waals surface area contributed by atoms with E-state index in [0.29, 0.717) is 10.0 Å². The number of nitrogens with two attached hydrogens (primary N) is 1. The summed E-state index contributed by atoms with van der Waals surface area (Å²) >= 11 is 12.1. The van der Waals surface area contributed by atoms with Crippen LogP contribution in [0.5, 0.6) is 0 Å². The van der Waals surface area contributed by atoms with Crippen LogP contribution in [0.25, 0.3) is 0 Å². The lowest BCUT2D eigenvalue weighted by molar-refractivity contribution is -0.118. The van der Waals surface area contributed by atoms with Crippen molar-refractivity contribution in [2.24, 2.45) is 5.73 Å². The van der Waals surface area contributed by atoms with Gasteiger partial charge in [-0.15, -0.1) is 12.4 Å². The minimum absolute atomic E-state index is 0. The van der Waals surface area contributed by atoms with Crippen LogP contribution in [0.1, 0.15) is 49.8 Å². The summed E-state index contributed by atoms with van der Waals surface area (Å²) in [7, 11) is 0. The zero-order valence-corrected chi connectivity index (χ0v) is 17.0. The van der Waals surface area contributed by atoms with E-state index < -0.39 is 0 Å². The first-order chi connectivity index (χ1) is 11.2. The highest BCUT2D eigenvalue weighted by Crippen LogP contribution is 2.31. The number of hydrogen-bond acceptors (Lipinski definition) is 1. The number of primary amides is 1. The zero-order chi connectivity index (χ0) is 17.9. The molecule has 5 heteroatoms. The smallest absolute Gasteiger partial charge is 0.218 e. The summed E-state index contributed by atoms with van der Waals surface area (Å²) in [5, 5.41) is 1.000. The van der Waals surface area contributed by atoms with Crippen LogP contribution >= 0.6 is 35.6 Å². The molecule has 2 aromatic carbocycles. The number of rotatable bonds is 5. The molecule has 1 unspecified atom stereocenters. The number of carbonyl (C=O) groups is 1. The van der Waals surface area contributed by atoms with Crippen molar-refractivity contribution in [1.82, 2.24) is 0 Å². The molecule has 25 heavy (non-hydrogen) atoms. The molecule has 1 amide bonds. The summed E-state index contributed by atoms with van der Waals surface area (Å²) in [5.74, 6) is -0.338. The molecule has 2 nitrogen and oxygen atoms in total. The number of benzene rings is 2. The van der Waals surface area contributed by atoms with Crippen LogP contribution < -0.4 is 5.73 Å². The second-order valence-electron chi connectivity index (χ2n) is 7.19. The largest absolute Gasteiger partial charge is 0.370 e. The van der Waals surface area contributed by atoms with Crippen molar-refractivity contribution in [1.29, 1.82) is 0 Å². The summed E-state index contributed by atoms with van der Waals surface area (Å²) in [6.45, 7) is 6.56. The fourth-order valence-electron chi connectivity index (χ4n) is 2.74. The van der Waals surface area contributed by atoms with Crippen LogP contribution in [0.2, 0.25) is 10.0 Å². The van der Waals surface area contributed by atoms with Gasteiger partial charge in [-0.1, -0.05) is 74.3 Å². The molecule has 1 atom stereocenters. The standard InChI is InChI=1S/C20H23Cl2NO.ClH/c1-20(2,3)16-7-4-13(5-8-16)10-15(12-19(23)24)14-6-9-17(21)18(22)11-14;/h4-9,11,15H,10,12H2,1-3H3,(H2,23,24);1H. The monoisotopic (exact) mass is 399 g/mol. The average molecular weight is 401 g/mol. The zero-order valence-electron chi connectivity index (χ0n) is 14.7. The van der Waals surface area contributed by atoms with Crippen LogP contribution in [-0.2, 0) is 16.6 Å². The number of halogens is 3. The Kier molecular flexibility index (Phi) is 7.80. The topological polar surface area (TPSA) is 43.1 Å². The maximum atomic E-state index is 11.5. The molecular weight excluding hydrogens is 377 g/mol. The summed E-state index contributed by atoms with van der Waals surface area (Å²) in [4.78, 5) is 11.5. The van der Waals surface area contributed by atoms with Gasteiger partial charge in [-0.25, -0.2) is 0 Å². The van der Waals surface area contributed by atoms with Crippen molar-refractivity contribution in [3.63, 3.8) is 0 Å². The Bertz CT molecular complexity index is 721. The fraction of sp³-hybridized carbons (Fsp3) is 0.350. The Labute approximate surface area is 166 Å². The van der Waals surface area contributed by atoms with E-state index in [1.54, 1.807) is 6.07 Å². The Balaban J connectivity index is 0.00000312. The molecule has 2 N–H and O–H groups in total. The lowest BCUT2D eigenvalue weighted by Crippen LogP contribution is -2.17. The fourth-order valence-corrected chi connectivity index (χ4v) is 3.05. The van der Waals surface area contributed by atoms with Crippen LogP contribution in [0.3, 0.4) is 0 Å². The molecule has 0 saturated carbocycles. The summed E-state index contributed by atoms with van der Waals surface area (Å²) < 4.78 is 0. The summed E-state index contributed by atoms with van der Waals surface area (Å²) in [6.07, 6.45) is 1.00. The van der Waals surface area contributed by atoms with E-state index in [2.05, 4.69) is 45.0 Å². The van der Waals surface area contributed by atoms with Crippen molar-refractivity contribution in [3.05, 3.63) is 69.2 Å². The van der Waals surface area contributed by atoms with Gasteiger partial charge in [0, 0.05) is 6.42 Å². The van der Waals surface area contributed by atoms with Crippen LogP contribution in [0.4, 0.5) is 0 Å². The maximum Gasteiger partial charge on any atom is 0.218 e. The molecule has 0 spiro atoms. The summed E-state index contributed by atoms with van der Waals surface area (Å²) in [5.41, 5.74) is 8.98. The Morgan fingerprint density at radius 3 is 2.12 bits per heavy atom. The Morgan fingerprint density at radius 1 is 1.04 bits per heavy atom. The van der Waals surface area contributed by atoms with Gasteiger partial charge in [0.1, 0.15) is 0 Å². The van der Waals surface area contributed by atoms with E-state index in [0.717, 1.165) is 12.0 Å². The minimum atomic E-state index is -0.322. The van der Waals surface area contributed by atoms with Gasteiger partial charge in [0.25, 0.3) is 0 Å². The van der Waals surface area contributed by atoms with Crippen molar-refractivity contribution >= 4 is 41.5 Å². The SMILES string of the molecule is CC(C)(C)c1ccc(CC(CC(N)=O)c2ccc(Cl)c(Cl)c2)cc1.Cl. The lowest BCUT2D eigenvalue weighted by Gasteiger charge is -2.20. The predicted octanol–water partition coefficient (Wildman–Crippen LogP) is 5.91. The summed E-state index contributed by atoms with van der Waals surface area (Å²) in [6, 6.07) is 14.0. The molecule has 0 aliphatic heterocycles. The minimum Gasteiger partial charge on any atom is -0.370 e. The second-order valence-corrected chi connectivity index (χ2v) is 8.01. The van der Waals surface area contributed by atoms with Gasteiger partial charge in [-0.05, 0) is 46.6 Å². The van der Waals surface area contributed by atoms with Gasteiger partial charge in [0.15, 0.2) is 0 Å². The average Bonchev–Trinajstić information content (AvgIpc) is 2.48. The molecule has 0 fully saturated rings. The molecule has 0 heterocycles. The molecule has 0 aliphatic rings. The molecule has 2 aromatic rings. The normalized spacial score (nSPS) is 12.4. The van der Waals surface area contributed by atoms with E-state index in [1.165, 1.54) is 11.1 Å². The highest BCUT2D eigenvalue weighted by molar-refractivity contribution is 6.42. The van der Waals surface area contributed by atoms with Gasteiger partial charge in [0.2, 0.25) is 5.91 Å². The van der Waals surface area contributed by atoms with Crippen LogP contribution in [-0.4, -0.2) is 5.91 Å². The third-order valence-electron chi connectivity index (χ3n) is 4.16. The van der Waals surface area contributed by atoms with Crippen LogP contribution in [0.15, 0.2) is 42.5 Å². The third kappa shape index (κ3) is 6.22. The van der Waals surface area contributed by atoms with Crippen molar-refractivity contribution in [2.45, 2.75) is 44.9 Å². The van der Waals surface area contributed by atoms with Crippen molar-refractivity contribution in [3.8, 4) is 0 Å². The van der Waals surface area contributed by atoms with Gasteiger partial charge >= 0.3 is 0 Å². The highest BCUT2D eigenvalue weighted by atomic mass is 35.5. The first-order valence-electron chi connectivity index (χ1n) is 7.99. The van der Waals surface area contributed by atoms with Gasteiger partial charge < -0.3 is 5.73 Å². The Hall–Kier alpha value is -1.22. The first-order valence-corrected chi connectivity index (χ1v) is 8.75. The predicted molar refractivity (Wildman–Crippen MR) is 109 cm³/mol. The molecule has 136 valence electrons. The third-order valence-corrected chi connectivity index (χ3v) is 4.90. The number of carbonyl (C=O) groups excluding carboxylic acids is 1. The second kappa shape index (κ2) is 8.93. The van der Waals surface area contributed by atoms with Gasteiger partial charge in [-0.3, -0.25) is 4.79 Å². The van der Waals surface area contributed by atoms with E-state index >= 15 is 0 Å². The lowest BCUT2D eigenvalue weighted by atomic mass is 9.85. The first kappa shape index (κ1) is 21.8. The molecule has 2 rings (SSSR count). The van der Waals surface area contributed by atoms with Crippen molar-refractivity contribution in [2.75, 3.05) is 0 Å². The van der Waals surface area contributed by atoms with E-state index in [-0.39, 0.29) is 36.1 Å². The van der Waals surface area contributed by atoms with Crippen molar-refractivity contribution < 1.29 is 4.79 Å². The number of amides is 1. The van der Waals surface area contributed by atoms with E-state index in [4.69, 9.17) is 28.9 Å². The van der Waals surface area contributed by atoms with E-state index in [1.807, 2.05) is 12.1 Å². The maximum absolute atomic E-state index is 11.5. The Morgan fingerprint density at radius 2 is 1.64 bits per heavy atom. The highest BCUT2D eigenvalue weighted by Gasteiger charge is 2.18. The molecule has 0 radical (unpaired) electrons. The van der Waals surface area contributed by atoms with Gasteiger partial charge in [-0.2, -0.15) is 0 Å². The number of hydrogen-bond donors (Lipinski definition) is 1. The molecule has 0 aromatic heterocycles. The quantitative estimate of drug-likeness (QED) is 0.665. The molecule has 0 saturated heterocycles. The molecule has 0 aliphatic carbocycles. The van der Waals surface area contributed by atoms with E-state index in [9.17, 15) is 4.79 Å². The molecule has 0 bridgehead atoms.